The number of amides is 2. The molecule has 2 aliphatic rings. The Morgan fingerprint density at radius 3 is 2.82 bits per heavy atom. The van der Waals surface area contributed by atoms with E-state index in [1.165, 1.54) is 0 Å². The number of rotatable bonds is 5. The maximum atomic E-state index is 12.1. The van der Waals surface area contributed by atoms with Crippen molar-refractivity contribution < 1.29 is 14.3 Å². The topological polar surface area (TPSA) is 79.5 Å². The van der Waals surface area contributed by atoms with Crippen molar-refractivity contribution >= 4 is 11.8 Å². The fourth-order valence-electron chi connectivity index (χ4n) is 3.22. The van der Waals surface area contributed by atoms with Crippen molar-refractivity contribution in [3.05, 3.63) is 0 Å². The molecule has 0 aromatic carbocycles. The lowest BCUT2D eigenvalue weighted by atomic mass is 9.85. The van der Waals surface area contributed by atoms with Gasteiger partial charge in [0.15, 0.2) is 0 Å². The highest BCUT2D eigenvalue weighted by molar-refractivity contribution is 5.79. The van der Waals surface area contributed by atoms with E-state index in [1.54, 1.807) is 0 Å². The summed E-state index contributed by atoms with van der Waals surface area (Å²) in [4.78, 5) is 24.2. The molecular formula is C16H29N3O3. The zero-order valence-corrected chi connectivity index (χ0v) is 13.7. The fraction of sp³-hybridized carbons (Fsp3) is 0.875. The molecule has 2 rings (SSSR count). The van der Waals surface area contributed by atoms with Gasteiger partial charge in [-0.05, 0) is 33.1 Å². The highest BCUT2D eigenvalue weighted by Crippen LogP contribution is 2.24. The van der Waals surface area contributed by atoms with Gasteiger partial charge in [-0.1, -0.05) is 6.42 Å². The largest absolute Gasteiger partial charge is 0.378 e. The van der Waals surface area contributed by atoms with Gasteiger partial charge < -0.3 is 20.7 Å². The zero-order chi connectivity index (χ0) is 15.9. The Hall–Kier alpha value is -1.14. The van der Waals surface area contributed by atoms with Crippen LogP contribution in [0.4, 0.5) is 0 Å². The van der Waals surface area contributed by atoms with Crippen LogP contribution in [0, 0.1) is 5.92 Å². The second kappa shape index (κ2) is 8.48. The number of morpholine rings is 1. The van der Waals surface area contributed by atoms with Crippen molar-refractivity contribution in [3.8, 4) is 0 Å². The molecule has 0 bridgehead atoms. The first-order chi connectivity index (χ1) is 10.5. The minimum Gasteiger partial charge on any atom is -0.378 e. The molecule has 3 unspecified atom stereocenters. The van der Waals surface area contributed by atoms with E-state index in [2.05, 4.69) is 16.0 Å². The molecule has 1 aliphatic heterocycles. The molecule has 0 aromatic rings. The second-order valence-corrected chi connectivity index (χ2v) is 6.72. The third kappa shape index (κ3) is 5.57. The summed E-state index contributed by atoms with van der Waals surface area (Å²) in [5.74, 6) is 0.201. The standard InChI is InChI=1S/C16H29N3O3/c1-11(2)18-16(21)12-4-3-5-13(8-12)19-15(20)9-14-10-22-7-6-17-14/h11-14,17H,3-10H2,1-2H3,(H,18,21)(H,19,20). The van der Waals surface area contributed by atoms with Gasteiger partial charge in [0.25, 0.3) is 0 Å². The molecule has 1 aliphatic carbocycles. The third-order valence-electron chi connectivity index (χ3n) is 4.27. The van der Waals surface area contributed by atoms with Crippen molar-refractivity contribution in [2.75, 3.05) is 19.8 Å². The normalized spacial score (nSPS) is 29.1. The van der Waals surface area contributed by atoms with Crippen LogP contribution in [0.2, 0.25) is 0 Å². The van der Waals surface area contributed by atoms with E-state index in [4.69, 9.17) is 4.74 Å². The fourth-order valence-corrected chi connectivity index (χ4v) is 3.22. The van der Waals surface area contributed by atoms with Crippen LogP contribution in [0.1, 0.15) is 46.0 Å². The Morgan fingerprint density at radius 2 is 2.14 bits per heavy atom. The minimum absolute atomic E-state index is 0.0255. The molecule has 6 nitrogen and oxygen atoms in total. The van der Waals surface area contributed by atoms with Gasteiger partial charge in [0, 0.05) is 37.0 Å². The van der Waals surface area contributed by atoms with E-state index in [0.717, 1.165) is 32.2 Å². The van der Waals surface area contributed by atoms with Crippen molar-refractivity contribution in [1.82, 2.24) is 16.0 Å². The maximum Gasteiger partial charge on any atom is 0.223 e. The highest BCUT2D eigenvalue weighted by Gasteiger charge is 2.28. The van der Waals surface area contributed by atoms with Gasteiger partial charge in [-0.2, -0.15) is 0 Å². The Kier molecular flexibility index (Phi) is 6.64. The minimum atomic E-state index is 0.0255. The third-order valence-corrected chi connectivity index (χ3v) is 4.27. The summed E-state index contributed by atoms with van der Waals surface area (Å²) in [6.45, 7) is 6.06. The van der Waals surface area contributed by atoms with Gasteiger partial charge in [0.05, 0.1) is 13.2 Å². The van der Waals surface area contributed by atoms with Crippen LogP contribution in [0.3, 0.4) is 0 Å². The quantitative estimate of drug-likeness (QED) is 0.693. The Balaban J connectivity index is 1.74. The van der Waals surface area contributed by atoms with Crippen molar-refractivity contribution in [2.24, 2.45) is 5.92 Å². The lowest BCUT2D eigenvalue weighted by Gasteiger charge is -2.30. The lowest BCUT2D eigenvalue weighted by molar-refractivity contribution is -0.128. The van der Waals surface area contributed by atoms with Gasteiger partial charge in [0.1, 0.15) is 0 Å². The summed E-state index contributed by atoms with van der Waals surface area (Å²) in [7, 11) is 0. The summed E-state index contributed by atoms with van der Waals surface area (Å²) in [6.07, 6.45) is 4.07. The molecule has 0 radical (unpaired) electrons. The lowest BCUT2D eigenvalue weighted by Crippen LogP contribution is -2.47. The number of hydrogen-bond donors (Lipinski definition) is 3. The number of nitrogens with one attached hydrogen (secondary N) is 3. The number of hydrogen-bond acceptors (Lipinski definition) is 4. The van der Waals surface area contributed by atoms with Crippen LogP contribution in [0.25, 0.3) is 0 Å². The van der Waals surface area contributed by atoms with Crippen LogP contribution < -0.4 is 16.0 Å². The Morgan fingerprint density at radius 1 is 1.32 bits per heavy atom. The molecule has 6 heteroatoms. The number of carbonyl (C=O) groups is 2. The predicted molar refractivity (Wildman–Crippen MR) is 84.4 cm³/mol. The first kappa shape index (κ1) is 17.2. The number of ether oxygens (including phenoxy) is 1. The van der Waals surface area contributed by atoms with Crippen LogP contribution >= 0.6 is 0 Å². The summed E-state index contributed by atoms with van der Waals surface area (Å²) in [5, 5.41) is 9.35. The van der Waals surface area contributed by atoms with E-state index < -0.39 is 0 Å². The van der Waals surface area contributed by atoms with Gasteiger partial charge >= 0.3 is 0 Å². The molecule has 126 valence electrons. The molecule has 0 aromatic heterocycles. The smallest absolute Gasteiger partial charge is 0.223 e. The average molecular weight is 311 g/mol. The van der Waals surface area contributed by atoms with Crippen LogP contribution in [-0.4, -0.2) is 49.7 Å². The Bertz CT molecular complexity index is 381. The molecule has 1 heterocycles. The molecule has 2 fully saturated rings. The van der Waals surface area contributed by atoms with E-state index in [1.807, 2.05) is 13.8 Å². The van der Waals surface area contributed by atoms with Crippen molar-refractivity contribution in [2.45, 2.75) is 64.1 Å². The van der Waals surface area contributed by atoms with E-state index in [0.29, 0.717) is 19.6 Å². The first-order valence-corrected chi connectivity index (χ1v) is 8.45. The molecule has 3 N–H and O–H groups in total. The summed E-state index contributed by atoms with van der Waals surface area (Å²) in [6, 6.07) is 0.394. The van der Waals surface area contributed by atoms with Crippen molar-refractivity contribution in [3.63, 3.8) is 0 Å². The van der Waals surface area contributed by atoms with E-state index in [9.17, 15) is 9.59 Å². The van der Waals surface area contributed by atoms with Crippen molar-refractivity contribution in [1.29, 1.82) is 0 Å². The van der Waals surface area contributed by atoms with E-state index in [-0.39, 0.29) is 35.9 Å². The van der Waals surface area contributed by atoms with Crippen LogP contribution in [0.15, 0.2) is 0 Å². The average Bonchev–Trinajstić information content (AvgIpc) is 2.47. The SMILES string of the molecule is CC(C)NC(=O)C1CCCC(NC(=O)CC2COCCN2)C1. The van der Waals surface area contributed by atoms with Gasteiger partial charge in [-0.15, -0.1) is 0 Å². The molecule has 1 saturated carbocycles. The van der Waals surface area contributed by atoms with Gasteiger partial charge in [-0.3, -0.25) is 9.59 Å². The van der Waals surface area contributed by atoms with Crippen LogP contribution in [0.5, 0.6) is 0 Å². The zero-order valence-electron chi connectivity index (χ0n) is 13.7. The van der Waals surface area contributed by atoms with E-state index >= 15 is 0 Å². The summed E-state index contributed by atoms with van der Waals surface area (Å²) >= 11 is 0. The molecule has 0 spiro atoms. The van der Waals surface area contributed by atoms with Crippen LogP contribution in [-0.2, 0) is 14.3 Å². The molecule has 1 saturated heterocycles. The number of carbonyl (C=O) groups excluding carboxylic acids is 2. The maximum absolute atomic E-state index is 12.1. The second-order valence-electron chi connectivity index (χ2n) is 6.72. The monoisotopic (exact) mass is 311 g/mol. The molecule has 22 heavy (non-hydrogen) atoms. The molecular weight excluding hydrogens is 282 g/mol. The van der Waals surface area contributed by atoms with Gasteiger partial charge in [-0.25, -0.2) is 0 Å². The molecule has 2 amide bonds. The van der Waals surface area contributed by atoms with Gasteiger partial charge in [0.2, 0.25) is 11.8 Å². The Labute approximate surface area is 132 Å². The highest BCUT2D eigenvalue weighted by atomic mass is 16.5. The first-order valence-electron chi connectivity index (χ1n) is 8.45. The predicted octanol–water partition coefficient (Wildman–Crippen LogP) is 0.565. The molecule has 3 atom stereocenters. The summed E-state index contributed by atoms with van der Waals surface area (Å²) in [5.41, 5.74) is 0. The summed E-state index contributed by atoms with van der Waals surface area (Å²) < 4.78 is 5.36.